The number of hydrogen-bond donors (Lipinski definition) is 1. The highest BCUT2D eigenvalue weighted by molar-refractivity contribution is 9.09. The number of amides is 1. The van der Waals surface area contributed by atoms with Gasteiger partial charge in [0.1, 0.15) is 11.6 Å². The first-order chi connectivity index (χ1) is 8.56. The van der Waals surface area contributed by atoms with Crippen LogP contribution < -0.4 is 0 Å². The Morgan fingerprint density at radius 2 is 2.11 bits per heavy atom. The molecule has 3 nitrogen and oxygen atoms in total. The first-order valence-corrected chi connectivity index (χ1v) is 6.98. The Balaban J connectivity index is 2.57. The lowest BCUT2D eigenvalue weighted by atomic mass is 10.1. The second-order valence-electron chi connectivity index (χ2n) is 4.14. The van der Waals surface area contributed by atoms with Crippen molar-refractivity contribution in [1.82, 2.24) is 4.90 Å². The monoisotopic (exact) mass is 317 g/mol. The molecule has 0 aromatic heterocycles. The van der Waals surface area contributed by atoms with Crippen molar-refractivity contribution in [3.8, 4) is 5.75 Å². The van der Waals surface area contributed by atoms with Gasteiger partial charge in [-0.25, -0.2) is 4.39 Å². The quantitative estimate of drug-likeness (QED) is 0.646. The summed E-state index contributed by atoms with van der Waals surface area (Å²) in [6.45, 7) is 0.603. The van der Waals surface area contributed by atoms with Crippen molar-refractivity contribution in [3.05, 3.63) is 29.6 Å². The fourth-order valence-corrected chi connectivity index (χ4v) is 2.00. The van der Waals surface area contributed by atoms with Gasteiger partial charge in [-0.3, -0.25) is 4.79 Å². The van der Waals surface area contributed by atoms with E-state index in [2.05, 4.69) is 15.9 Å². The van der Waals surface area contributed by atoms with E-state index < -0.39 is 5.82 Å². The Hall–Kier alpha value is -1.10. The van der Waals surface area contributed by atoms with Crippen LogP contribution in [0.2, 0.25) is 0 Å². The van der Waals surface area contributed by atoms with E-state index in [1.54, 1.807) is 7.05 Å². The largest absolute Gasteiger partial charge is 0.508 e. The molecule has 0 heterocycles. The lowest BCUT2D eigenvalue weighted by Crippen LogP contribution is -2.28. The third kappa shape index (κ3) is 4.29. The first-order valence-electron chi connectivity index (χ1n) is 5.86. The number of nitrogens with zero attached hydrogens (tertiary/aromatic N) is 1. The maximum atomic E-state index is 13.5. The molecule has 18 heavy (non-hydrogen) atoms. The number of phenols is 1. The molecule has 0 aliphatic rings. The summed E-state index contributed by atoms with van der Waals surface area (Å²) < 4.78 is 13.5. The Labute approximate surface area is 115 Å². The van der Waals surface area contributed by atoms with Crippen LogP contribution in [-0.2, 0) is 0 Å². The van der Waals surface area contributed by atoms with Crippen LogP contribution in [0.1, 0.15) is 29.6 Å². The zero-order valence-electron chi connectivity index (χ0n) is 10.3. The molecule has 100 valence electrons. The lowest BCUT2D eigenvalue weighted by molar-refractivity contribution is 0.0788. The zero-order chi connectivity index (χ0) is 13.5. The fraction of sp³-hybridized carbons (Fsp3) is 0.462. The molecular weight excluding hydrogens is 301 g/mol. The van der Waals surface area contributed by atoms with Crippen LogP contribution >= 0.6 is 15.9 Å². The maximum absolute atomic E-state index is 13.5. The summed E-state index contributed by atoms with van der Waals surface area (Å²) >= 11 is 3.34. The highest BCUT2D eigenvalue weighted by Crippen LogP contribution is 2.16. The van der Waals surface area contributed by atoms with Gasteiger partial charge in [-0.15, -0.1) is 0 Å². The molecule has 1 rings (SSSR count). The maximum Gasteiger partial charge on any atom is 0.256 e. The van der Waals surface area contributed by atoms with E-state index in [1.807, 2.05) is 0 Å². The molecule has 1 aromatic rings. The van der Waals surface area contributed by atoms with Crippen molar-refractivity contribution in [2.24, 2.45) is 0 Å². The number of halogens is 2. The van der Waals surface area contributed by atoms with Crippen molar-refractivity contribution in [1.29, 1.82) is 0 Å². The molecule has 0 aliphatic carbocycles. The van der Waals surface area contributed by atoms with Crippen LogP contribution in [-0.4, -0.2) is 34.8 Å². The Kier molecular flexibility index (Phi) is 6.12. The minimum absolute atomic E-state index is 0.00390. The smallest absolute Gasteiger partial charge is 0.256 e. The average molecular weight is 318 g/mol. The molecular formula is C13H17BrFNO2. The van der Waals surface area contributed by atoms with Gasteiger partial charge in [0.05, 0.1) is 5.56 Å². The molecule has 0 bridgehead atoms. The molecule has 0 fully saturated rings. The number of phenolic OH excluding ortho intramolecular Hbond substituents is 1. The van der Waals surface area contributed by atoms with Crippen molar-refractivity contribution in [2.45, 2.75) is 19.3 Å². The van der Waals surface area contributed by atoms with E-state index in [9.17, 15) is 9.18 Å². The molecule has 0 aliphatic heterocycles. The molecule has 0 spiro atoms. The van der Waals surface area contributed by atoms with Gasteiger partial charge in [0.25, 0.3) is 5.91 Å². The molecule has 1 aromatic carbocycles. The minimum atomic E-state index is -0.688. The number of unbranched alkanes of at least 4 members (excludes halogenated alkanes) is 2. The van der Waals surface area contributed by atoms with E-state index >= 15 is 0 Å². The van der Waals surface area contributed by atoms with Crippen LogP contribution in [0.4, 0.5) is 4.39 Å². The van der Waals surface area contributed by atoms with Crippen molar-refractivity contribution in [3.63, 3.8) is 0 Å². The summed E-state index contributed by atoms with van der Waals surface area (Å²) in [5.41, 5.74) is -0.00390. The van der Waals surface area contributed by atoms with Crippen molar-refractivity contribution >= 4 is 21.8 Å². The first kappa shape index (κ1) is 15.0. The number of alkyl halides is 1. The SMILES string of the molecule is CN(CCCCCBr)C(=O)c1ccc(O)cc1F. The molecule has 0 saturated heterocycles. The Morgan fingerprint density at radius 1 is 1.39 bits per heavy atom. The predicted octanol–water partition coefficient (Wildman–Crippen LogP) is 3.17. The van der Waals surface area contributed by atoms with Gasteiger partial charge >= 0.3 is 0 Å². The Morgan fingerprint density at radius 3 is 2.72 bits per heavy atom. The van der Waals surface area contributed by atoms with E-state index in [-0.39, 0.29) is 17.2 Å². The molecule has 0 unspecified atom stereocenters. The third-order valence-electron chi connectivity index (χ3n) is 2.66. The molecule has 1 amide bonds. The summed E-state index contributed by atoms with van der Waals surface area (Å²) in [5, 5.41) is 10.0. The summed E-state index contributed by atoms with van der Waals surface area (Å²) in [7, 11) is 1.66. The standard InChI is InChI=1S/C13H17BrFNO2/c1-16(8-4-2-3-7-14)13(18)11-6-5-10(17)9-12(11)15/h5-6,9,17H,2-4,7-8H2,1H3. The number of benzene rings is 1. The Bertz CT molecular complexity index is 412. The van der Waals surface area contributed by atoms with Gasteiger partial charge in [0.15, 0.2) is 0 Å². The topological polar surface area (TPSA) is 40.5 Å². The second kappa shape index (κ2) is 7.36. The third-order valence-corrected chi connectivity index (χ3v) is 3.22. The van der Waals surface area contributed by atoms with E-state index in [1.165, 1.54) is 17.0 Å². The zero-order valence-corrected chi connectivity index (χ0v) is 11.9. The molecule has 5 heteroatoms. The second-order valence-corrected chi connectivity index (χ2v) is 4.93. The fourth-order valence-electron chi connectivity index (χ4n) is 1.60. The summed E-state index contributed by atoms with van der Waals surface area (Å²) in [4.78, 5) is 13.4. The number of carbonyl (C=O) groups is 1. The number of rotatable bonds is 6. The van der Waals surface area contributed by atoms with Gasteiger partial charge in [0, 0.05) is 25.0 Å². The van der Waals surface area contributed by atoms with E-state index in [4.69, 9.17) is 5.11 Å². The van der Waals surface area contributed by atoms with Gasteiger partial charge in [-0.1, -0.05) is 22.4 Å². The van der Waals surface area contributed by atoms with Crippen molar-refractivity contribution in [2.75, 3.05) is 18.9 Å². The average Bonchev–Trinajstić information content (AvgIpc) is 2.33. The lowest BCUT2D eigenvalue weighted by Gasteiger charge is -2.17. The minimum Gasteiger partial charge on any atom is -0.508 e. The normalized spacial score (nSPS) is 10.4. The van der Waals surface area contributed by atoms with Gasteiger partial charge in [-0.2, -0.15) is 0 Å². The van der Waals surface area contributed by atoms with E-state index in [0.717, 1.165) is 30.7 Å². The van der Waals surface area contributed by atoms with Crippen LogP contribution in [0, 0.1) is 5.82 Å². The van der Waals surface area contributed by atoms with Crippen LogP contribution in [0.25, 0.3) is 0 Å². The number of carbonyl (C=O) groups excluding carboxylic acids is 1. The molecule has 1 N–H and O–H groups in total. The number of hydrogen-bond acceptors (Lipinski definition) is 2. The summed E-state index contributed by atoms with van der Waals surface area (Å²) in [6.07, 6.45) is 2.99. The number of aromatic hydroxyl groups is 1. The van der Waals surface area contributed by atoms with Gasteiger partial charge in [0.2, 0.25) is 0 Å². The highest BCUT2D eigenvalue weighted by atomic mass is 79.9. The predicted molar refractivity (Wildman–Crippen MR) is 72.7 cm³/mol. The highest BCUT2D eigenvalue weighted by Gasteiger charge is 2.16. The molecule has 0 atom stereocenters. The molecule has 0 saturated carbocycles. The van der Waals surface area contributed by atoms with Crippen LogP contribution in [0.5, 0.6) is 5.75 Å². The summed E-state index contributed by atoms with van der Waals surface area (Å²) in [5.74, 6) is -1.22. The van der Waals surface area contributed by atoms with Gasteiger partial charge in [-0.05, 0) is 25.0 Å². The van der Waals surface area contributed by atoms with E-state index in [0.29, 0.717) is 6.54 Å². The van der Waals surface area contributed by atoms with Gasteiger partial charge < -0.3 is 10.0 Å². The molecule has 0 radical (unpaired) electrons. The summed E-state index contributed by atoms with van der Waals surface area (Å²) in [6, 6.07) is 3.57. The van der Waals surface area contributed by atoms with Crippen LogP contribution in [0.3, 0.4) is 0 Å². The van der Waals surface area contributed by atoms with Crippen molar-refractivity contribution < 1.29 is 14.3 Å². The van der Waals surface area contributed by atoms with Crippen LogP contribution in [0.15, 0.2) is 18.2 Å².